The molecular formula is C14H15NO3S. The van der Waals surface area contributed by atoms with Crippen molar-refractivity contribution in [1.82, 2.24) is 4.98 Å². The quantitative estimate of drug-likeness (QED) is 0.862. The van der Waals surface area contributed by atoms with Gasteiger partial charge < -0.3 is 9.47 Å². The van der Waals surface area contributed by atoms with Crippen LogP contribution in [0, 0.1) is 6.92 Å². The Morgan fingerprint density at radius 2 is 1.68 bits per heavy atom. The molecule has 0 amide bonds. The Balaban J connectivity index is 2.40. The van der Waals surface area contributed by atoms with Gasteiger partial charge in [0.15, 0.2) is 0 Å². The average molecular weight is 277 g/mol. The molecule has 0 saturated carbocycles. The maximum atomic E-state index is 12.5. The van der Waals surface area contributed by atoms with E-state index in [2.05, 4.69) is 4.98 Å². The molecule has 0 radical (unpaired) electrons. The molecule has 1 aromatic heterocycles. The molecule has 2 rings (SSSR count). The standard InChI is InChI=1S/C14H15NO3S/c1-10-4-6-11(7-5-10)19(16)12-8-9-13(17-2)15-14(12)18-3/h4-9H,1-3H3/t19-/m1/s1. The SMILES string of the molecule is COc1ccc([S@](=O)c2ccc(C)cc2)c(OC)n1. The lowest BCUT2D eigenvalue weighted by Gasteiger charge is -2.09. The molecule has 0 aliphatic carbocycles. The van der Waals surface area contributed by atoms with Gasteiger partial charge in [0.1, 0.15) is 4.90 Å². The molecule has 1 atom stereocenters. The van der Waals surface area contributed by atoms with Crippen molar-refractivity contribution in [3.05, 3.63) is 42.0 Å². The number of benzene rings is 1. The first kappa shape index (κ1) is 13.5. The van der Waals surface area contributed by atoms with E-state index in [-0.39, 0.29) is 0 Å². The zero-order valence-electron chi connectivity index (χ0n) is 11.0. The number of aryl methyl sites for hydroxylation is 1. The third-order valence-electron chi connectivity index (χ3n) is 2.64. The molecule has 1 heterocycles. The molecule has 0 fully saturated rings. The fraction of sp³-hybridized carbons (Fsp3) is 0.214. The fourth-order valence-electron chi connectivity index (χ4n) is 1.60. The molecule has 19 heavy (non-hydrogen) atoms. The molecular weight excluding hydrogens is 262 g/mol. The Morgan fingerprint density at radius 1 is 1.00 bits per heavy atom. The Bertz CT molecular complexity index is 596. The lowest BCUT2D eigenvalue weighted by molar-refractivity contribution is 0.357. The summed E-state index contributed by atoms with van der Waals surface area (Å²) in [6.45, 7) is 1.99. The minimum absolute atomic E-state index is 0.318. The van der Waals surface area contributed by atoms with Crippen LogP contribution in [0.1, 0.15) is 5.56 Å². The first-order chi connectivity index (χ1) is 9.15. The first-order valence-corrected chi connectivity index (χ1v) is 6.88. The smallest absolute Gasteiger partial charge is 0.233 e. The van der Waals surface area contributed by atoms with E-state index in [9.17, 15) is 4.21 Å². The highest BCUT2D eigenvalue weighted by Crippen LogP contribution is 2.26. The van der Waals surface area contributed by atoms with Gasteiger partial charge in [-0.15, -0.1) is 0 Å². The van der Waals surface area contributed by atoms with Gasteiger partial charge in [-0.05, 0) is 25.1 Å². The van der Waals surface area contributed by atoms with E-state index in [0.29, 0.717) is 16.7 Å². The van der Waals surface area contributed by atoms with Gasteiger partial charge in [-0.3, -0.25) is 0 Å². The van der Waals surface area contributed by atoms with Crippen LogP contribution in [0.4, 0.5) is 0 Å². The van der Waals surface area contributed by atoms with Crippen molar-refractivity contribution in [2.45, 2.75) is 16.7 Å². The number of hydrogen-bond acceptors (Lipinski definition) is 4. The summed E-state index contributed by atoms with van der Waals surface area (Å²) in [5.74, 6) is 0.750. The molecule has 0 aliphatic heterocycles. The van der Waals surface area contributed by atoms with Crippen molar-refractivity contribution in [2.75, 3.05) is 14.2 Å². The van der Waals surface area contributed by atoms with E-state index in [1.807, 2.05) is 31.2 Å². The van der Waals surface area contributed by atoms with Crippen molar-refractivity contribution in [2.24, 2.45) is 0 Å². The van der Waals surface area contributed by atoms with E-state index >= 15 is 0 Å². The Labute approximate surface area is 114 Å². The van der Waals surface area contributed by atoms with Crippen molar-refractivity contribution < 1.29 is 13.7 Å². The molecule has 0 spiro atoms. The van der Waals surface area contributed by atoms with Gasteiger partial charge >= 0.3 is 0 Å². The van der Waals surface area contributed by atoms with Crippen LogP contribution in [0.25, 0.3) is 0 Å². The van der Waals surface area contributed by atoms with Crippen LogP contribution in [0.3, 0.4) is 0 Å². The largest absolute Gasteiger partial charge is 0.481 e. The average Bonchev–Trinajstić information content (AvgIpc) is 2.46. The monoisotopic (exact) mass is 277 g/mol. The maximum absolute atomic E-state index is 12.5. The summed E-state index contributed by atoms with van der Waals surface area (Å²) in [6, 6.07) is 10.9. The summed E-state index contributed by atoms with van der Waals surface area (Å²) >= 11 is 0. The normalized spacial score (nSPS) is 11.9. The minimum atomic E-state index is -1.32. The number of hydrogen-bond donors (Lipinski definition) is 0. The van der Waals surface area contributed by atoms with E-state index in [1.165, 1.54) is 14.2 Å². The molecule has 4 nitrogen and oxygen atoms in total. The number of ether oxygens (including phenoxy) is 2. The van der Waals surface area contributed by atoms with Crippen LogP contribution in [0.5, 0.6) is 11.8 Å². The Kier molecular flexibility index (Phi) is 4.16. The third kappa shape index (κ3) is 2.93. The van der Waals surface area contributed by atoms with E-state index < -0.39 is 10.8 Å². The molecule has 5 heteroatoms. The summed E-state index contributed by atoms with van der Waals surface area (Å²) < 4.78 is 22.7. The third-order valence-corrected chi connectivity index (χ3v) is 4.05. The molecule has 0 N–H and O–H groups in total. The minimum Gasteiger partial charge on any atom is -0.481 e. The molecule has 0 saturated heterocycles. The lowest BCUT2D eigenvalue weighted by Crippen LogP contribution is -2.00. The van der Waals surface area contributed by atoms with Crippen molar-refractivity contribution in [1.29, 1.82) is 0 Å². The highest BCUT2D eigenvalue weighted by Gasteiger charge is 2.15. The van der Waals surface area contributed by atoms with E-state index in [1.54, 1.807) is 12.1 Å². The van der Waals surface area contributed by atoms with Crippen molar-refractivity contribution >= 4 is 10.8 Å². The summed E-state index contributed by atoms with van der Waals surface area (Å²) in [4.78, 5) is 5.39. The predicted octanol–water partition coefficient (Wildman–Crippen LogP) is 2.57. The van der Waals surface area contributed by atoms with Crippen LogP contribution in [0.2, 0.25) is 0 Å². The van der Waals surface area contributed by atoms with Crippen molar-refractivity contribution in [3.8, 4) is 11.8 Å². The number of rotatable bonds is 4. The molecule has 2 aromatic rings. The Hall–Kier alpha value is -1.88. The molecule has 100 valence electrons. The number of aromatic nitrogens is 1. The molecule has 0 aliphatic rings. The summed E-state index contributed by atoms with van der Waals surface area (Å²) in [7, 11) is 1.70. The van der Waals surface area contributed by atoms with Crippen LogP contribution < -0.4 is 9.47 Å². The summed E-state index contributed by atoms with van der Waals surface area (Å²) in [6.07, 6.45) is 0. The van der Waals surface area contributed by atoms with E-state index in [0.717, 1.165) is 10.5 Å². The van der Waals surface area contributed by atoms with Crippen LogP contribution >= 0.6 is 0 Å². The van der Waals surface area contributed by atoms with E-state index in [4.69, 9.17) is 9.47 Å². The zero-order valence-corrected chi connectivity index (χ0v) is 11.9. The second kappa shape index (κ2) is 5.84. The van der Waals surface area contributed by atoms with Gasteiger partial charge in [0.05, 0.1) is 25.0 Å². The molecule has 0 bridgehead atoms. The van der Waals surface area contributed by atoms with Gasteiger partial charge in [0.2, 0.25) is 11.8 Å². The predicted molar refractivity (Wildman–Crippen MR) is 73.2 cm³/mol. The van der Waals surface area contributed by atoms with Crippen LogP contribution in [-0.4, -0.2) is 23.4 Å². The number of pyridine rings is 1. The van der Waals surface area contributed by atoms with Gasteiger partial charge in [0.25, 0.3) is 0 Å². The van der Waals surface area contributed by atoms with Gasteiger partial charge in [-0.2, -0.15) is 4.98 Å². The van der Waals surface area contributed by atoms with Crippen molar-refractivity contribution in [3.63, 3.8) is 0 Å². The zero-order chi connectivity index (χ0) is 13.8. The summed E-state index contributed by atoms with van der Waals surface area (Å²) in [5.41, 5.74) is 1.13. The topological polar surface area (TPSA) is 48.4 Å². The fourth-order valence-corrected chi connectivity index (χ4v) is 2.72. The first-order valence-electron chi connectivity index (χ1n) is 5.73. The number of methoxy groups -OCH3 is 2. The van der Waals surface area contributed by atoms with Crippen LogP contribution in [-0.2, 0) is 10.8 Å². The highest BCUT2D eigenvalue weighted by molar-refractivity contribution is 7.85. The lowest BCUT2D eigenvalue weighted by atomic mass is 10.2. The molecule has 0 unspecified atom stereocenters. The van der Waals surface area contributed by atoms with Gasteiger partial charge in [0, 0.05) is 11.0 Å². The van der Waals surface area contributed by atoms with Gasteiger partial charge in [-0.25, -0.2) is 4.21 Å². The highest BCUT2D eigenvalue weighted by atomic mass is 32.2. The summed E-state index contributed by atoms with van der Waals surface area (Å²) in [5, 5.41) is 0. The van der Waals surface area contributed by atoms with Crippen LogP contribution in [0.15, 0.2) is 46.2 Å². The number of nitrogens with zero attached hydrogens (tertiary/aromatic N) is 1. The van der Waals surface area contributed by atoms with Gasteiger partial charge in [-0.1, -0.05) is 17.7 Å². The maximum Gasteiger partial charge on any atom is 0.233 e. The second-order valence-corrected chi connectivity index (χ2v) is 5.39. The molecule has 1 aromatic carbocycles. The second-order valence-electron chi connectivity index (χ2n) is 3.94. The Morgan fingerprint density at radius 3 is 2.26 bits per heavy atom.